The number of carbonyl (C=O) groups is 1. The van der Waals surface area contributed by atoms with E-state index in [-0.39, 0.29) is 5.92 Å². The van der Waals surface area contributed by atoms with E-state index in [0.29, 0.717) is 12.8 Å². The SMILES string of the molecule is CC1CCCC(N)(C(=O)NCC(F)(F)F)C1. The summed E-state index contributed by atoms with van der Waals surface area (Å²) < 4.78 is 35.8. The molecule has 0 spiro atoms. The first-order valence-electron chi connectivity index (χ1n) is 5.37. The minimum absolute atomic E-state index is 0.287. The van der Waals surface area contributed by atoms with Crippen molar-refractivity contribution >= 4 is 5.91 Å². The summed E-state index contributed by atoms with van der Waals surface area (Å²) in [4.78, 5) is 11.6. The molecule has 0 aromatic rings. The summed E-state index contributed by atoms with van der Waals surface area (Å²) in [6.45, 7) is 0.650. The van der Waals surface area contributed by atoms with Crippen LogP contribution in [0.5, 0.6) is 0 Å². The van der Waals surface area contributed by atoms with Crippen LogP contribution in [0.1, 0.15) is 32.6 Å². The van der Waals surface area contributed by atoms with Gasteiger partial charge in [0.1, 0.15) is 6.54 Å². The predicted octanol–water partition coefficient (Wildman–Crippen LogP) is 1.57. The summed E-state index contributed by atoms with van der Waals surface area (Å²) >= 11 is 0. The second kappa shape index (κ2) is 4.61. The van der Waals surface area contributed by atoms with Crippen LogP contribution in [-0.2, 0) is 4.79 Å². The van der Waals surface area contributed by atoms with Crippen molar-refractivity contribution < 1.29 is 18.0 Å². The van der Waals surface area contributed by atoms with Crippen LogP contribution in [0.25, 0.3) is 0 Å². The first-order chi connectivity index (χ1) is 7.23. The molecule has 1 saturated carbocycles. The lowest BCUT2D eigenvalue weighted by atomic mass is 9.76. The van der Waals surface area contributed by atoms with E-state index < -0.39 is 24.2 Å². The summed E-state index contributed by atoms with van der Waals surface area (Å²) in [6.07, 6.45) is -1.70. The van der Waals surface area contributed by atoms with Crippen molar-refractivity contribution in [2.75, 3.05) is 6.54 Å². The van der Waals surface area contributed by atoms with Gasteiger partial charge >= 0.3 is 6.18 Å². The molecule has 1 aliphatic rings. The third-order valence-electron chi connectivity index (χ3n) is 2.93. The van der Waals surface area contributed by atoms with E-state index in [1.807, 2.05) is 12.2 Å². The third kappa shape index (κ3) is 3.66. The van der Waals surface area contributed by atoms with E-state index in [4.69, 9.17) is 5.73 Å². The van der Waals surface area contributed by atoms with Crippen molar-refractivity contribution in [3.63, 3.8) is 0 Å². The van der Waals surface area contributed by atoms with Gasteiger partial charge in [-0.25, -0.2) is 0 Å². The maximum Gasteiger partial charge on any atom is 0.405 e. The molecule has 0 saturated heterocycles. The van der Waals surface area contributed by atoms with Crippen molar-refractivity contribution in [1.82, 2.24) is 5.32 Å². The highest BCUT2D eigenvalue weighted by Gasteiger charge is 2.39. The van der Waals surface area contributed by atoms with Crippen LogP contribution in [-0.4, -0.2) is 24.2 Å². The molecule has 1 aliphatic carbocycles. The summed E-state index contributed by atoms with van der Waals surface area (Å²) in [5.74, 6) is -0.397. The fraction of sp³-hybridized carbons (Fsp3) is 0.900. The monoisotopic (exact) mass is 238 g/mol. The van der Waals surface area contributed by atoms with E-state index in [1.165, 1.54) is 0 Å². The molecule has 1 rings (SSSR count). The molecule has 2 atom stereocenters. The minimum atomic E-state index is -4.38. The molecule has 0 bridgehead atoms. The van der Waals surface area contributed by atoms with Crippen molar-refractivity contribution in [3.05, 3.63) is 0 Å². The van der Waals surface area contributed by atoms with Crippen LogP contribution in [0.4, 0.5) is 13.2 Å². The van der Waals surface area contributed by atoms with Crippen molar-refractivity contribution in [2.24, 2.45) is 11.7 Å². The average molecular weight is 238 g/mol. The lowest BCUT2D eigenvalue weighted by molar-refractivity contribution is -0.142. The highest BCUT2D eigenvalue weighted by Crippen LogP contribution is 2.30. The fourth-order valence-corrected chi connectivity index (χ4v) is 2.15. The number of nitrogens with two attached hydrogens (primary N) is 1. The number of rotatable bonds is 2. The van der Waals surface area contributed by atoms with E-state index in [0.717, 1.165) is 12.8 Å². The van der Waals surface area contributed by atoms with Crippen LogP contribution in [0.3, 0.4) is 0 Å². The zero-order valence-corrected chi connectivity index (χ0v) is 9.23. The normalized spacial score (nSPS) is 31.2. The van der Waals surface area contributed by atoms with E-state index in [9.17, 15) is 18.0 Å². The van der Waals surface area contributed by atoms with Crippen LogP contribution in [0, 0.1) is 5.92 Å². The molecule has 94 valence electrons. The summed E-state index contributed by atoms with van der Waals surface area (Å²) in [6, 6.07) is 0. The fourth-order valence-electron chi connectivity index (χ4n) is 2.15. The number of hydrogen-bond donors (Lipinski definition) is 2. The Hall–Kier alpha value is -0.780. The number of halogens is 3. The molecular weight excluding hydrogens is 221 g/mol. The van der Waals surface area contributed by atoms with Gasteiger partial charge in [0.2, 0.25) is 5.91 Å². The van der Waals surface area contributed by atoms with Crippen LogP contribution < -0.4 is 11.1 Å². The molecule has 6 heteroatoms. The Morgan fingerprint density at radius 3 is 2.69 bits per heavy atom. The number of amides is 1. The average Bonchev–Trinajstić information content (AvgIpc) is 2.12. The molecule has 0 aromatic heterocycles. The first-order valence-corrected chi connectivity index (χ1v) is 5.37. The zero-order chi connectivity index (χ0) is 12.4. The van der Waals surface area contributed by atoms with Crippen molar-refractivity contribution in [1.29, 1.82) is 0 Å². The Kier molecular flexibility index (Phi) is 3.83. The lowest BCUT2D eigenvalue weighted by Crippen LogP contribution is -2.57. The van der Waals surface area contributed by atoms with Gasteiger partial charge < -0.3 is 11.1 Å². The number of nitrogens with one attached hydrogen (secondary N) is 1. The van der Waals surface area contributed by atoms with E-state index >= 15 is 0 Å². The molecule has 0 heterocycles. The molecular formula is C10H17F3N2O. The molecule has 16 heavy (non-hydrogen) atoms. The standard InChI is InChI=1S/C10H17F3N2O/c1-7-3-2-4-9(14,5-7)8(16)15-6-10(11,12)13/h7H,2-6,14H2,1H3,(H,15,16). The number of carbonyl (C=O) groups excluding carboxylic acids is 1. The van der Waals surface area contributed by atoms with E-state index in [1.54, 1.807) is 0 Å². The third-order valence-corrected chi connectivity index (χ3v) is 2.93. The van der Waals surface area contributed by atoms with Crippen LogP contribution in [0.2, 0.25) is 0 Å². The maximum atomic E-state index is 11.9. The molecule has 2 unspecified atom stereocenters. The zero-order valence-electron chi connectivity index (χ0n) is 9.23. The van der Waals surface area contributed by atoms with Gasteiger partial charge in [-0.1, -0.05) is 19.8 Å². The van der Waals surface area contributed by atoms with Gasteiger partial charge in [0.25, 0.3) is 0 Å². The van der Waals surface area contributed by atoms with Gasteiger partial charge in [-0.05, 0) is 18.8 Å². The molecule has 0 aromatic carbocycles. The van der Waals surface area contributed by atoms with Crippen molar-refractivity contribution in [3.8, 4) is 0 Å². The van der Waals surface area contributed by atoms with Crippen LogP contribution in [0.15, 0.2) is 0 Å². The largest absolute Gasteiger partial charge is 0.405 e. The maximum absolute atomic E-state index is 11.9. The second-order valence-corrected chi connectivity index (χ2v) is 4.66. The number of alkyl halides is 3. The Morgan fingerprint density at radius 1 is 1.56 bits per heavy atom. The smallest absolute Gasteiger partial charge is 0.345 e. The molecule has 0 radical (unpaired) electrons. The van der Waals surface area contributed by atoms with Crippen LogP contribution >= 0.6 is 0 Å². The Bertz CT molecular complexity index is 267. The second-order valence-electron chi connectivity index (χ2n) is 4.66. The molecule has 3 N–H and O–H groups in total. The first kappa shape index (κ1) is 13.3. The molecule has 1 fully saturated rings. The summed E-state index contributed by atoms with van der Waals surface area (Å²) in [5.41, 5.74) is 4.72. The highest BCUT2D eigenvalue weighted by molar-refractivity contribution is 5.86. The molecule has 0 aliphatic heterocycles. The Balaban J connectivity index is 2.52. The minimum Gasteiger partial charge on any atom is -0.345 e. The quantitative estimate of drug-likeness (QED) is 0.767. The molecule has 1 amide bonds. The molecule has 3 nitrogen and oxygen atoms in total. The summed E-state index contributed by atoms with van der Waals surface area (Å²) in [5, 5.41) is 1.86. The highest BCUT2D eigenvalue weighted by atomic mass is 19.4. The number of hydrogen-bond acceptors (Lipinski definition) is 2. The van der Waals surface area contributed by atoms with Gasteiger partial charge in [0.05, 0.1) is 5.54 Å². The lowest BCUT2D eigenvalue weighted by Gasteiger charge is -2.35. The van der Waals surface area contributed by atoms with Gasteiger partial charge in [-0.15, -0.1) is 0 Å². The van der Waals surface area contributed by atoms with Gasteiger partial charge in [-0.3, -0.25) is 4.79 Å². The topological polar surface area (TPSA) is 55.1 Å². The Labute approximate surface area is 92.6 Å². The van der Waals surface area contributed by atoms with E-state index in [2.05, 4.69) is 0 Å². The summed E-state index contributed by atoms with van der Waals surface area (Å²) in [7, 11) is 0. The van der Waals surface area contributed by atoms with Gasteiger partial charge in [0, 0.05) is 0 Å². The van der Waals surface area contributed by atoms with Crippen molar-refractivity contribution in [2.45, 2.75) is 44.3 Å². The predicted molar refractivity (Wildman–Crippen MR) is 53.6 cm³/mol. The van der Waals surface area contributed by atoms with Gasteiger partial charge in [-0.2, -0.15) is 13.2 Å². The van der Waals surface area contributed by atoms with Gasteiger partial charge in [0.15, 0.2) is 0 Å². The Morgan fingerprint density at radius 2 is 2.19 bits per heavy atom.